The smallest absolute Gasteiger partial charge is 0.416 e. The summed E-state index contributed by atoms with van der Waals surface area (Å²) in [6, 6.07) is 6.63. The van der Waals surface area contributed by atoms with Crippen molar-refractivity contribution in [3.05, 3.63) is 52.5 Å². The normalized spacial score (nSPS) is 11.0. The quantitative estimate of drug-likeness (QED) is 0.587. The van der Waals surface area contributed by atoms with Crippen molar-refractivity contribution in [2.45, 2.75) is 6.18 Å². The number of carbonyl (C=O) groups is 2. The number of methoxy groups -OCH3 is 1. The van der Waals surface area contributed by atoms with Gasteiger partial charge in [0, 0.05) is 0 Å². The number of rotatable bonds is 5. The van der Waals surface area contributed by atoms with Gasteiger partial charge in [0.25, 0.3) is 5.91 Å². The zero-order valence-electron chi connectivity index (χ0n) is 13.9. The number of hydrogen-bond acceptors (Lipinski definition) is 5. The zero-order valence-corrected chi connectivity index (χ0v) is 14.6. The molecule has 144 valence electrons. The van der Waals surface area contributed by atoms with Crippen LogP contribution in [0.5, 0.6) is 5.75 Å². The van der Waals surface area contributed by atoms with Crippen molar-refractivity contribution in [3.8, 4) is 5.75 Å². The molecular formula is C17H14ClF3N2O4. The maximum Gasteiger partial charge on any atom is 0.416 e. The number of alkyl halides is 3. The van der Waals surface area contributed by atoms with Crippen LogP contribution >= 0.6 is 11.6 Å². The number of anilines is 2. The Morgan fingerprint density at radius 3 is 2.48 bits per heavy atom. The Labute approximate surface area is 157 Å². The first-order valence-corrected chi connectivity index (χ1v) is 7.77. The van der Waals surface area contributed by atoms with Crippen LogP contribution in [0.15, 0.2) is 36.4 Å². The van der Waals surface area contributed by atoms with Crippen LogP contribution in [-0.2, 0) is 15.7 Å². The van der Waals surface area contributed by atoms with Gasteiger partial charge in [-0.15, -0.1) is 0 Å². The van der Waals surface area contributed by atoms with Crippen LogP contribution in [0.1, 0.15) is 15.9 Å². The highest BCUT2D eigenvalue weighted by molar-refractivity contribution is 6.33. The zero-order chi connectivity index (χ0) is 20.2. The van der Waals surface area contributed by atoms with Gasteiger partial charge in [-0.1, -0.05) is 11.6 Å². The second-order valence-electron chi connectivity index (χ2n) is 5.27. The summed E-state index contributed by atoms with van der Waals surface area (Å²) in [4.78, 5) is 23.8. The van der Waals surface area contributed by atoms with Crippen molar-refractivity contribution in [1.29, 1.82) is 0 Å². The number of carbonyl (C=O) groups excluding carboxylic acids is 2. The van der Waals surface area contributed by atoms with Crippen LogP contribution in [0.25, 0.3) is 0 Å². The van der Waals surface area contributed by atoms with E-state index < -0.39 is 30.2 Å². The fourth-order valence-electron chi connectivity index (χ4n) is 2.06. The maximum atomic E-state index is 12.7. The SMILES string of the molecule is COc1ccc(C(=O)OCC(=O)Nc2cc(C(F)(F)F)ccc2Cl)cc1N. The molecule has 0 aliphatic carbocycles. The molecule has 2 aromatic rings. The van der Waals surface area contributed by atoms with Crippen LogP contribution in [0.3, 0.4) is 0 Å². The second-order valence-corrected chi connectivity index (χ2v) is 5.68. The largest absolute Gasteiger partial charge is 0.495 e. The molecule has 0 bridgehead atoms. The Kier molecular flexibility index (Phi) is 6.17. The van der Waals surface area contributed by atoms with Gasteiger partial charge in [-0.3, -0.25) is 4.79 Å². The van der Waals surface area contributed by atoms with Gasteiger partial charge < -0.3 is 20.5 Å². The molecule has 2 rings (SSSR count). The molecule has 1 amide bonds. The minimum atomic E-state index is -4.59. The van der Waals surface area contributed by atoms with E-state index in [0.717, 1.165) is 12.1 Å². The average Bonchev–Trinajstić information content (AvgIpc) is 2.60. The van der Waals surface area contributed by atoms with Gasteiger partial charge >= 0.3 is 12.1 Å². The van der Waals surface area contributed by atoms with Crippen LogP contribution in [0.2, 0.25) is 5.02 Å². The van der Waals surface area contributed by atoms with Gasteiger partial charge in [0.15, 0.2) is 6.61 Å². The Balaban J connectivity index is 2.00. The third-order valence-corrected chi connectivity index (χ3v) is 3.70. The summed E-state index contributed by atoms with van der Waals surface area (Å²) in [6.07, 6.45) is -4.59. The molecule has 3 N–H and O–H groups in total. The Bertz CT molecular complexity index is 872. The van der Waals surface area contributed by atoms with E-state index in [1.165, 1.54) is 25.3 Å². The summed E-state index contributed by atoms with van der Waals surface area (Å²) in [5.74, 6) is -1.33. The Hall–Kier alpha value is -2.94. The first-order valence-electron chi connectivity index (χ1n) is 7.39. The summed E-state index contributed by atoms with van der Waals surface area (Å²) in [6.45, 7) is -0.725. The number of hydrogen-bond donors (Lipinski definition) is 2. The molecule has 10 heteroatoms. The molecule has 0 spiro atoms. The summed E-state index contributed by atoms with van der Waals surface area (Å²) in [5.41, 5.74) is 4.73. The summed E-state index contributed by atoms with van der Waals surface area (Å²) in [7, 11) is 1.41. The molecule has 2 aromatic carbocycles. The summed E-state index contributed by atoms with van der Waals surface area (Å²) >= 11 is 5.78. The predicted molar refractivity (Wildman–Crippen MR) is 92.8 cm³/mol. The fourth-order valence-corrected chi connectivity index (χ4v) is 2.22. The van der Waals surface area contributed by atoms with Crippen molar-refractivity contribution in [3.63, 3.8) is 0 Å². The number of esters is 1. The number of benzene rings is 2. The molecule has 0 atom stereocenters. The highest BCUT2D eigenvalue weighted by Crippen LogP contribution is 2.33. The molecular weight excluding hydrogens is 389 g/mol. The molecule has 27 heavy (non-hydrogen) atoms. The number of amides is 1. The minimum absolute atomic E-state index is 0.0817. The van der Waals surface area contributed by atoms with E-state index >= 15 is 0 Å². The lowest BCUT2D eigenvalue weighted by molar-refractivity contribution is -0.137. The highest BCUT2D eigenvalue weighted by atomic mass is 35.5. The molecule has 0 unspecified atom stereocenters. The van der Waals surface area contributed by atoms with Crippen LogP contribution in [-0.4, -0.2) is 25.6 Å². The van der Waals surface area contributed by atoms with Gasteiger partial charge in [0.05, 0.1) is 34.6 Å². The molecule has 0 radical (unpaired) electrons. The number of halogens is 4. The lowest BCUT2D eigenvalue weighted by Crippen LogP contribution is -2.21. The van der Waals surface area contributed by atoms with E-state index in [0.29, 0.717) is 11.8 Å². The summed E-state index contributed by atoms with van der Waals surface area (Å²) in [5, 5.41) is 2.07. The third-order valence-electron chi connectivity index (χ3n) is 3.37. The van der Waals surface area contributed by atoms with Crippen LogP contribution < -0.4 is 15.8 Å². The number of nitrogens with two attached hydrogens (primary N) is 1. The summed E-state index contributed by atoms with van der Waals surface area (Å²) < 4.78 is 47.9. The van der Waals surface area contributed by atoms with E-state index in [2.05, 4.69) is 5.32 Å². The van der Waals surface area contributed by atoms with Gasteiger partial charge in [-0.05, 0) is 36.4 Å². The van der Waals surface area contributed by atoms with E-state index in [1.54, 1.807) is 0 Å². The third kappa shape index (κ3) is 5.27. The van der Waals surface area contributed by atoms with Crippen molar-refractivity contribution in [1.82, 2.24) is 0 Å². The number of nitrogens with one attached hydrogen (secondary N) is 1. The monoisotopic (exact) mass is 402 g/mol. The molecule has 0 aromatic heterocycles. The van der Waals surface area contributed by atoms with E-state index in [4.69, 9.17) is 26.8 Å². The lowest BCUT2D eigenvalue weighted by atomic mass is 10.2. The number of nitrogen functional groups attached to an aromatic ring is 1. The molecule has 6 nitrogen and oxygen atoms in total. The van der Waals surface area contributed by atoms with Gasteiger partial charge in [-0.2, -0.15) is 13.2 Å². The molecule has 0 aliphatic heterocycles. The molecule has 0 saturated carbocycles. The average molecular weight is 403 g/mol. The van der Waals surface area contributed by atoms with E-state index in [1.807, 2.05) is 0 Å². The van der Waals surface area contributed by atoms with Crippen LogP contribution in [0, 0.1) is 0 Å². The molecule has 0 saturated heterocycles. The van der Waals surface area contributed by atoms with E-state index in [-0.39, 0.29) is 22.0 Å². The maximum absolute atomic E-state index is 12.7. The van der Waals surface area contributed by atoms with Crippen molar-refractivity contribution in [2.24, 2.45) is 0 Å². The fraction of sp³-hybridized carbons (Fsp3) is 0.176. The van der Waals surface area contributed by atoms with Gasteiger partial charge in [0.2, 0.25) is 0 Å². The van der Waals surface area contributed by atoms with E-state index in [9.17, 15) is 22.8 Å². The van der Waals surface area contributed by atoms with Gasteiger partial charge in [-0.25, -0.2) is 4.79 Å². The number of ether oxygens (including phenoxy) is 2. The second kappa shape index (κ2) is 8.17. The van der Waals surface area contributed by atoms with Crippen molar-refractivity contribution in [2.75, 3.05) is 24.8 Å². The van der Waals surface area contributed by atoms with Crippen molar-refractivity contribution < 1.29 is 32.2 Å². The lowest BCUT2D eigenvalue weighted by Gasteiger charge is -2.12. The van der Waals surface area contributed by atoms with Gasteiger partial charge in [0.1, 0.15) is 5.75 Å². The highest BCUT2D eigenvalue weighted by Gasteiger charge is 2.31. The first kappa shape index (κ1) is 20.4. The molecule has 0 aliphatic rings. The van der Waals surface area contributed by atoms with Crippen LogP contribution in [0.4, 0.5) is 24.5 Å². The minimum Gasteiger partial charge on any atom is -0.495 e. The Morgan fingerprint density at radius 1 is 1.19 bits per heavy atom. The Morgan fingerprint density at radius 2 is 1.89 bits per heavy atom. The first-order chi connectivity index (χ1) is 12.6. The topological polar surface area (TPSA) is 90.6 Å². The standard InChI is InChI=1S/C17H14ClF3N2O4/c1-26-14-5-2-9(6-12(14)22)16(25)27-8-15(24)23-13-7-10(17(19,20)21)3-4-11(13)18/h2-7H,8,22H2,1H3,(H,23,24). The molecule has 0 fully saturated rings. The van der Waals surface area contributed by atoms with Crippen molar-refractivity contribution >= 4 is 34.9 Å². The predicted octanol–water partition coefficient (Wildman–Crippen LogP) is 3.75. The molecule has 0 heterocycles.